The maximum Gasteiger partial charge on any atom is 0.112 e. The minimum atomic E-state index is -0.415. The first kappa shape index (κ1) is 8.90. The van der Waals surface area contributed by atoms with Crippen molar-refractivity contribution in [3.05, 3.63) is 22.5 Å². The Labute approximate surface area is 73.9 Å². The lowest BCUT2D eigenvalue weighted by atomic mass is 9.51. The van der Waals surface area contributed by atoms with Gasteiger partial charge >= 0.3 is 0 Å². The molecule has 0 heterocycles. The van der Waals surface area contributed by atoms with E-state index in [0.717, 1.165) is 0 Å². The van der Waals surface area contributed by atoms with Gasteiger partial charge in [-0.15, -0.1) is 16.4 Å². The summed E-state index contributed by atoms with van der Waals surface area (Å²) in [4.78, 5) is 0. The summed E-state index contributed by atoms with van der Waals surface area (Å²) in [5.74, 6) is -0.746. The standard InChI is InChI=1S/C6H3B5/c7-2-1-3(8)5(10)6(11)4(2)9/h1-2,4H. The van der Waals surface area contributed by atoms with Crippen molar-refractivity contribution in [1.82, 2.24) is 0 Å². The molecule has 0 spiro atoms. The van der Waals surface area contributed by atoms with Gasteiger partial charge < -0.3 is 0 Å². The molecule has 0 saturated heterocycles. The van der Waals surface area contributed by atoms with Crippen LogP contribution in [0, 0.1) is 0 Å². The quantitative estimate of drug-likeness (QED) is 0.387. The summed E-state index contributed by atoms with van der Waals surface area (Å²) in [5, 5.41) is 0. The number of hydrogen-bond acceptors (Lipinski definition) is 0. The van der Waals surface area contributed by atoms with Crippen LogP contribution in [0.2, 0.25) is 11.6 Å². The summed E-state index contributed by atoms with van der Waals surface area (Å²) >= 11 is 0. The minimum absolute atomic E-state index is 0.331. The molecule has 0 aromatic heterocycles. The fourth-order valence-corrected chi connectivity index (χ4v) is 0.954. The van der Waals surface area contributed by atoms with Crippen LogP contribution in [-0.2, 0) is 0 Å². The monoisotopic (exact) mass is 130 g/mol. The third-order valence-corrected chi connectivity index (χ3v) is 1.77. The van der Waals surface area contributed by atoms with Crippen LogP contribution in [0.3, 0.4) is 0 Å². The largest absolute Gasteiger partial charge is 0.131 e. The predicted octanol–water partition coefficient (Wildman–Crippen LogP) is -0.485. The molecule has 0 bridgehead atoms. The maximum absolute atomic E-state index is 5.59. The summed E-state index contributed by atoms with van der Waals surface area (Å²) in [6.45, 7) is 0. The average Bonchev–Trinajstić information content (AvgIpc) is 1.97. The van der Waals surface area contributed by atoms with Crippen molar-refractivity contribution in [2.45, 2.75) is 11.6 Å². The zero-order valence-corrected chi connectivity index (χ0v) is 6.12. The topological polar surface area (TPSA) is 0 Å². The first-order valence-electron chi connectivity index (χ1n) is 3.28. The Morgan fingerprint density at radius 3 is 2.18 bits per heavy atom. The van der Waals surface area contributed by atoms with E-state index in [9.17, 15) is 0 Å². The molecule has 2 atom stereocenters. The Morgan fingerprint density at radius 1 is 1.09 bits per heavy atom. The van der Waals surface area contributed by atoms with E-state index in [4.69, 9.17) is 39.2 Å². The van der Waals surface area contributed by atoms with Crippen LogP contribution in [-0.4, -0.2) is 39.2 Å². The van der Waals surface area contributed by atoms with Crippen molar-refractivity contribution in [3.8, 4) is 0 Å². The molecule has 0 fully saturated rings. The molecular weight excluding hydrogens is 126 g/mol. The van der Waals surface area contributed by atoms with E-state index in [1.807, 2.05) is 0 Å². The molecule has 1 rings (SSSR count). The molecule has 2 unspecified atom stereocenters. The smallest absolute Gasteiger partial charge is 0.112 e. The lowest BCUT2D eigenvalue weighted by Crippen LogP contribution is -2.14. The Kier molecular flexibility index (Phi) is 2.46. The fraction of sp³-hybridized carbons (Fsp3) is 0.333. The second-order valence-electron chi connectivity index (χ2n) is 2.59. The van der Waals surface area contributed by atoms with Crippen molar-refractivity contribution in [2.75, 3.05) is 0 Å². The Balaban J connectivity index is 3.02. The van der Waals surface area contributed by atoms with Gasteiger partial charge in [-0.1, -0.05) is 17.7 Å². The number of rotatable bonds is 0. The highest BCUT2D eigenvalue weighted by Crippen LogP contribution is 2.33. The van der Waals surface area contributed by atoms with Crippen molar-refractivity contribution in [3.63, 3.8) is 0 Å². The SMILES string of the molecule is [B]C1=CC([B])C([B])C([B])=C1[B]. The lowest BCUT2D eigenvalue weighted by molar-refractivity contribution is 0.992. The van der Waals surface area contributed by atoms with Crippen molar-refractivity contribution in [2.24, 2.45) is 0 Å². The lowest BCUT2D eigenvalue weighted by Gasteiger charge is -2.28. The van der Waals surface area contributed by atoms with Crippen LogP contribution < -0.4 is 0 Å². The molecule has 0 aliphatic heterocycles. The summed E-state index contributed by atoms with van der Waals surface area (Å²) in [7, 11) is 27.7. The molecular formula is C6H3B5. The summed E-state index contributed by atoms with van der Waals surface area (Å²) < 4.78 is 0. The van der Waals surface area contributed by atoms with Gasteiger partial charge in [0.05, 0.1) is 15.7 Å². The summed E-state index contributed by atoms with van der Waals surface area (Å²) in [5.41, 5.74) is 1.13. The molecule has 42 valence electrons. The van der Waals surface area contributed by atoms with Crippen LogP contribution >= 0.6 is 0 Å². The molecule has 11 heavy (non-hydrogen) atoms. The second kappa shape index (κ2) is 3.04. The van der Waals surface area contributed by atoms with Crippen LogP contribution in [0.25, 0.3) is 0 Å². The fourth-order valence-electron chi connectivity index (χ4n) is 0.954. The normalized spacial score (nSPS) is 31.8. The van der Waals surface area contributed by atoms with E-state index < -0.39 is 5.82 Å². The second-order valence-corrected chi connectivity index (χ2v) is 2.59. The van der Waals surface area contributed by atoms with Crippen LogP contribution in [0.4, 0.5) is 0 Å². The van der Waals surface area contributed by atoms with E-state index >= 15 is 0 Å². The van der Waals surface area contributed by atoms with Crippen molar-refractivity contribution in [1.29, 1.82) is 0 Å². The molecule has 1 aliphatic carbocycles. The molecule has 0 aromatic carbocycles. The molecule has 1 aliphatic rings. The van der Waals surface area contributed by atoms with Crippen molar-refractivity contribution < 1.29 is 0 Å². The van der Waals surface area contributed by atoms with Gasteiger partial charge in [-0.3, -0.25) is 0 Å². The molecule has 0 aromatic rings. The minimum Gasteiger partial charge on any atom is -0.131 e. The van der Waals surface area contributed by atoms with Crippen molar-refractivity contribution >= 4 is 39.2 Å². The molecule has 10 radical (unpaired) electrons. The van der Waals surface area contributed by atoms with Gasteiger partial charge in [0.1, 0.15) is 23.5 Å². The third kappa shape index (κ3) is 1.52. The van der Waals surface area contributed by atoms with Gasteiger partial charge in [0.25, 0.3) is 0 Å². The zero-order valence-electron chi connectivity index (χ0n) is 6.12. The zero-order chi connectivity index (χ0) is 8.59. The molecule has 0 nitrogen and oxygen atoms in total. The molecule has 0 amide bonds. The maximum atomic E-state index is 5.59. The summed E-state index contributed by atoms with van der Waals surface area (Å²) in [6.07, 6.45) is 1.61. The van der Waals surface area contributed by atoms with Gasteiger partial charge in [0.2, 0.25) is 0 Å². The Bertz CT molecular complexity index is 229. The summed E-state index contributed by atoms with van der Waals surface area (Å²) in [6, 6.07) is 0. The number of hydrogen-bond donors (Lipinski definition) is 0. The van der Waals surface area contributed by atoms with E-state index in [1.165, 1.54) is 0 Å². The molecule has 0 N–H and O–H groups in total. The van der Waals surface area contributed by atoms with Crippen LogP contribution in [0.1, 0.15) is 0 Å². The first-order valence-corrected chi connectivity index (χ1v) is 3.28. The van der Waals surface area contributed by atoms with Gasteiger partial charge in [0, 0.05) is 0 Å². The molecule has 0 saturated carbocycles. The number of allylic oxidation sites excluding steroid dienone is 4. The predicted molar refractivity (Wildman–Crippen MR) is 51.4 cm³/mol. The van der Waals surface area contributed by atoms with Gasteiger partial charge in [-0.25, -0.2) is 0 Å². The van der Waals surface area contributed by atoms with Crippen LogP contribution in [0.5, 0.6) is 0 Å². The van der Waals surface area contributed by atoms with Gasteiger partial charge in [-0.2, -0.15) is 0 Å². The van der Waals surface area contributed by atoms with E-state index in [1.54, 1.807) is 6.08 Å². The van der Waals surface area contributed by atoms with E-state index in [2.05, 4.69) is 0 Å². The van der Waals surface area contributed by atoms with E-state index in [0.29, 0.717) is 16.4 Å². The average molecular weight is 129 g/mol. The first-order chi connectivity index (χ1) is 5.04. The highest BCUT2D eigenvalue weighted by atomic mass is 14.1. The Hall–Kier alpha value is -0.195. The van der Waals surface area contributed by atoms with Gasteiger partial charge in [-0.05, 0) is 0 Å². The van der Waals surface area contributed by atoms with E-state index in [-0.39, 0.29) is 5.82 Å². The molecule has 5 heteroatoms. The highest BCUT2D eigenvalue weighted by Gasteiger charge is 2.16. The highest BCUT2D eigenvalue weighted by molar-refractivity contribution is 6.44. The van der Waals surface area contributed by atoms with Crippen LogP contribution in [0.15, 0.2) is 22.5 Å². The Morgan fingerprint density at radius 2 is 1.64 bits per heavy atom. The van der Waals surface area contributed by atoms with Gasteiger partial charge in [0.15, 0.2) is 0 Å². The third-order valence-electron chi connectivity index (χ3n) is 1.77.